The molecule has 0 saturated carbocycles. The van der Waals surface area contributed by atoms with Gasteiger partial charge < -0.3 is 11.1 Å². The number of rotatable bonds is 4. The standard InChI is InChI=1S/C19H23N3O2S/c1-13(2)14-6-5-7-16(10-14)22-19(20)21-11-15-12-25(23,24)18-9-4-3-8-17(15)18/h3-10,13,15H,11-12H2,1-2H3,(H3,20,21,22). The van der Waals surface area contributed by atoms with Crippen LogP contribution < -0.4 is 11.1 Å². The van der Waals surface area contributed by atoms with Gasteiger partial charge in [-0.2, -0.15) is 0 Å². The van der Waals surface area contributed by atoms with Gasteiger partial charge in [0.1, 0.15) is 0 Å². The SMILES string of the molecule is CC(C)c1cccc(NC(N)=NCC2CS(=O)(=O)c3ccccc32)c1. The van der Waals surface area contributed by atoms with Crippen molar-refractivity contribution in [2.24, 2.45) is 10.7 Å². The van der Waals surface area contributed by atoms with Crippen LogP contribution in [0.1, 0.15) is 36.8 Å². The van der Waals surface area contributed by atoms with E-state index in [2.05, 4.69) is 30.2 Å². The molecule has 0 radical (unpaired) electrons. The first-order valence-corrected chi connectivity index (χ1v) is 10.0. The van der Waals surface area contributed by atoms with Gasteiger partial charge in [0.05, 0.1) is 17.2 Å². The lowest BCUT2D eigenvalue weighted by Gasteiger charge is -2.11. The summed E-state index contributed by atoms with van der Waals surface area (Å²) < 4.78 is 24.4. The highest BCUT2D eigenvalue weighted by molar-refractivity contribution is 7.91. The minimum atomic E-state index is -3.21. The molecular weight excluding hydrogens is 334 g/mol. The molecule has 3 rings (SSSR count). The molecule has 3 N–H and O–H groups in total. The molecule has 1 aliphatic heterocycles. The smallest absolute Gasteiger partial charge is 0.193 e. The van der Waals surface area contributed by atoms with E-state index in [0.29, 0.717) is 23.3 Å². The molecule has 6 heteroatoms. The molecule has 25 heavy (non-hydrogen) atoms. The quantitative estimate of drug-likeness (QED) is 0.650. The monoisotopic (exact) mass is 357 g/mol. The van der Waals surface area contributed by atoms with Gasteiger partial charge in [-0.3, -0.25) is 4.99 Å². The first-order valence-electron chi connectivity index (χ1n) is 8.35. The van der Waals surface area contributed by atoms with Gasteiger partial charge in [-0.1, -0.05) is 44.2 Å². The fourth-order valence-electron chi connectivity index (χ4n) is 3.07. The van der Waals surface area contributed by atoms with Crippen molar-refractivity contribution in [2.45, 2.75) is 30.6 Å². The average molecular weight is 357 g/mol. The van der Waals surface area contributed by atoms with Gasteiger partial charge in [0.25, 0.3) is 0 Å². The summed E-state index contributed by atoms with van der Waals surface area (Å²) in [6.07, 6.45) is 0. The van der Waals surface area contributed by atoms with Gasteiger partial charge >= 0.3 is 0 Å². The maximum absolute atomic E-state index is 12.2. The molecule has 0 bridgehead atoms. The van der Waals surface area contributed by atoms with E-state index in [1.165, 1.54) is 5.56 Å². The zero-order valence-electron chi connectivity index (χ0n) is 14.4. The van der Waals surface area contributed by atoms with E-state index in [4.69, 9.17) is 5.73 Å². The molecule has 1 atom stereocenters. The number of benzene rings is 2. The lowest BCUT2D eigenvalue weighted by atomic mass is 10.0. The van der Waals surface area contributed by atoms with Crippen molar-refractivity contribution < 1.29 is 8.42 Å². The zero-order valence-corrected chi connectivity index (χ0v) is 15.3. The third-order valence-corrected chi connectivity index (χ3v) is 6.31. The van der Waals surface area contributed by atoms with Gasteiger partial charge in [0.2, 0.25) is 0 Å². The van der Waals surface area contributed by atoms with Gasteiger partial charge in [-0.05, 0) is 35.2 Å². The van der Waals surface area contributed by atoms with E-state index in [9.17, 15) is 8.42 Å². The Hall–Kier alpha value is -2.34. The van der Waals surface area contributed by atoms with Crippen molar-refractivity contribution in [3.8, 4) is 0 Å². The second kappa shape index (κ2) is 6.88. The first-order chi connectivity index (χ1) is 11.9. The number of anilines is 1. The number of sulfone groups is 1. The van der Waals surface area contributed by atoms with Crippen molar-refractivity contribution in [3.05, 3.63) is 59.7 Å². The highest BCUT2D eigenvalue weighted by Gasteiger charge is 2.33. The summed E-state index contributed by atoms with van der Waals surface area (Å²) in [5.74, 6) is 0.665. The van der Waals surface area contributed by atoms with Crippen LogP contribution in [0.5, 0.6) is 0 Å². The van der Waals surface area contributed by atoms with Gasteiger partial charge in [-0.15, -0.1) is 0 Å². The van der Waals surface area contributed by atoms with E-state index >= 15 is 0 Å². The van der Waals surface area contributed by atoms with Crippen LogP contribution in [0.2, 0.25) is 0 Å². The van der Waals surface area contributed by atoms with Crippen molar-refractivity contribution >= 4 is 21.5 Å². The predicted octanol–water partition coefficient (Wildman–Crippen LogP) is 3.11. The van der Waals surface area contributed by atoms with Crippen LogP contribution in [-0.4, -0.2) is 26.7 Å². The van der Waals surface area contributed by atoms with E-state index in [1.54, 1.807) is 12.1 Å². The molecular formula is C19H23N3O2S. The predicted molar refractivity (Wildman–Crippen MR) is 102 cm³/mol. The second-order valence-corrected chi connectivity index (χ2v) is 8.65. The van der Waals surface area contributed by atoms with Crippen molar-refractivity contribution in [2.75, 3.05) is 17.6 Å². The largest absolute Gasteiger partial charge is 0.370 e. The molecule has 0 aliphatic carbocycles. The number of fused-ring (bicyclic) bond motifs is 1. The summed E-state index contributed by atoms with van der Waals surface area (Å²) in [7, 11) is -3.21. The fraction of sp³-hybridized carbons (Fsp3) is 0.316. The normalized spacial score (nSPS) is 19.0. The number of nitrogens with one attached hydrogen (secondary N) is 1. The van der Waals surface area contributed by atoms with Crippen LogP contribution in [-0.2, 0) is 9.84 Å². The lowest BCUT2D eigenvalue weighted by molar-refractivity contribution is 0.597. The molecule has 1 aliphatic rings. The molecule has 1 unspecified atom stereocenters. The summed E-state index contributed by atoms with van der Waals surface area (Å²) in [4.78, 5) is 4.78. The molecule has 0 spiro atoms. The van der Waals surface area contributed by atoms with Crippen LogP contribution in [0.15, 0.2) is 58.4 Å². The van der Waals surface area contributed by atoms with Crippen molar-refractivity contribution in [1.82, 2.24) is 0 Å². The van der Waals surface area contributed by atoms with Gasteiger partial charge in [-0.25, -0.2) is 8.42 Å². The molecule has 0 aromatic heterocycles. The Labute approximate surface area is 148 Å². The molecule has 1 heterocycles. The number of hydrogen-bond acceptors (Lipinski definition) is 3. The summed E-state index contributed by atoms with van der Waals surface area (Å²) in [6.45, 7) is 4.61. The Morgan fingerprint density at radius 3 is 2.76 bits per heavy atom. The topological polar surface area (TPSA) is 84.5 Å². The maximum atomic E-state index is 12.2. The third kappa shape index (κ3) is 3.85. The van der Waals surface area contributed by atoms with Crippen LogP contribution in [0.3, 0.4) is 0 Å². The van der Waals surface area contributed by atoms with E-state index in [0.717, 1.165) is 11.3 Å². The minimum Gasteiger partial charge on any atom is -0.370 e. The Balaban J connectivity index is 1.72. The van der Waals surface area contributed by atoms with Gasteiger partial charge in [0.15, 0.2) is 15.8 Å². The molecule has 0 amide bonds. The molecule has 2 aromatic carbocycles. The number of nitrogens with two attached hydrogens (primary N) is 1. The van der Waals surface area contributed by atoms with Gasteiger partial charge in [0, 0.05) is 11.6 Å². The Bertz CT molecular complexity index is 904. The van der Waals surface area contributed by atoms with E-state index < -0.39 is 9.84 Å². The molecule has 0 fully saturated rings. The van der Waals surface area contributed by atoms with Crippen molar-refractivity contribution in [1.29, 1.82) is 0 Å². The lowest BCUT2D eigenvalue weighted by Crippen LogP contribution is -2.24. The summed E-state index contributed by atoms with van der Waals surface area (Å²) in [5.41, 5.74) is 8.92. The maximum Gasteiger partial charge on any atom is 0.193 e. The van der Waals surface area contributed by atoms with Crippen LogP contribution in [0, 0.1) is 0 Å². The van der Waals surface area contributed by atoms with Crippen LogP contribution >= 0.6 is 0 Å². The minimum absolute atomic E-state index is 0.0892. The molecule has 5 nitrogen and oxygen atoms in total. The Kier molecular flexibility index (Phi) is 4.81. The van der Waals surface area contributed by atoms with E-state index in [-0.39, 0.29) is 11.7 Å². The number of nitrogens with zero attached hydrogens (tertiary/aromatic N) is 1. The first kappa shape index (κ1) is 17.5. The highest BCUT2D eigenvalue weighted by atomic mass is 32.2. The number of guanidine groups is 1. The van der Waals surface area contributed by atoms with Crippen molar-refractivity contribution in [3.63, 3.8) is 0 Å². The molecule has 2 aromatic rings. The Morgan fingerprint density at radius 1 is 1.24 bits per heavy atom. The van der Waals surface area contributed by atoms with E-state index in [1.807, 2.05) is 30.3 Å². The second-order valence-electron chi connectivity index (χ2n) is 6.65. The third-order valence-electron chi connectivity index (χ3n) is 4.42. The number of aliphatic imine (C=N–C) groups is 1. The summed E-state index contributed by atoms with van der Waals surface area (Å²) >= 11 is 0. The molecule has 132 valence electrons. The zero-order chi connectivity index (χ0) is 18.0. The summed E-state index contributed by atoms with van der Waals surface area (Å²) in [5, 5.41) is 3.08. The summed E-state index contributed by atoms with van der Waals surface area (Å²) in [6, 6.07) is 15.2. The highest BCUT2D eigenvalue weighted by Crippen LogP contribution is 2.34. The Morgan fingerprint density at radius 2 is 2.00 bits per heavy atom. The number of hydrogen-bond donors (Lipinski definition) is 2. The van der Waals surface area contributed by atoms with Crippen LogP contribution in [0.25, 0.3) is 0 Å². The van der Waals surface area contributed by atoms with Crippen LogP contribution in [0.4, 0.5) is 5.69 Å². The molecule has 0 saturated heterocycles. The average Bonchev–Trinajstić information content (AvgIpc) is 2.84. The fourth-order valence-corrected chi connectivity index (χ4v) is 4.94.